The first kappa shape index (κ1) is 14.8. The van der Waals surface area contributed by atoms with Gasteiger partial charge < -0.3 is 20.3 Å². The third kappa shape index (κ3) is 6.10. The van der Waals surface area contributed by atoms with E-state index in [0.29, 0.717) is 19.7 Å². The molecule has 0 saturated heterocycles. The Bertz CT molecular complexity index is 167. The maximum Gasteiger partial charge on any atom is 0.0750 e. The van der Waals surface area contributed by atoms with E-state index in [2.05, 4.69) is 5.32 Å². The number of rotatable bonds is 8. The van der Waals surface area contributed by atoms with E-state index in [1.54, 1.807) is 0 Å². The van der Waals surface area contributed by atoms with Crippen LogP contribution in [-0.4, -0.2) is 48.7 Å². The van der Waals surface area contributed by atoms with Crippen molar-refractivity contribution in [3.63, 3.8) is 0 Å². The summed E-state index contributed by atoms with van der Waals surface area (Å²) in [7, 11) is 0. The van der Waals surface area contributed by atoms with Gasteiger partial charge in [-0.25, -0.2) is 0 Å². The van der Waals surface area contributed by atoms with Gasteiger partial charge in [0.25, 0.3) is 0 Å². The van der Waals surface area contributed by atoms with Crippen molar-refractivity contribution < 1.29 is 14.9 Å². The lowest BCUT2D eigenvalue weighted by molar-refractivity contribution is -0.0132. The first-order valence-electron chi connectivity index (χ1n) is 5.45. The number of aliphatic hydroxyl groups excluding tert-OH is 2. The van der Waals surface area contributed by atoms with E-state index in [9.17, 15) is 0 Å². The molecule has 4 heteroatoms. The molecule has 0 amide bonds. The van der Waals surface area contributed by atoms with Gasteiger partial charge >= 0.3 is 0 Å². The quantitative estimate of drug-likeness (QED) is 0.552. The first-order valence-corrected chi connectivity index (χ1v) is 5.45. The molecule has 0 spiro atoms. The molecule has 4 nitrogen and oxygen atoms in total. The lowest BCUT2D eigenvalue weighted by atomic mass is 9.93. The minimum absolute atomic E-state index is 0.0223. The Morgan fingerprint density at radius 1 is 1.07 bits per heavy atom. The Kier molecular flexibility index (Phi) is 6.36. The summed E-state index contributed by atoms with van der Waals surface area (Å²) in [5.74, 6) is 0. The van der Waals surface area contributed by atoms with E-state index in [1.165, 1.54) is 0 Å². The number of ether oxygens (including phenoxy) is 1. The van der Waals surface area contributed by atoms with Gasteiger partial charge in [0.05, 0.1) is 18.8 Å². The summed E-state index contributed by atoms with van der Waals surface area (Å²) in [6.45, 7) is 9.76. The van der Waals surface area contributed by atoms with Gasteiger partial charge in [0.1, 0.15) is 0 Å². The van der Waals surface area contributed by atoms with Crippen molar-refractivity contribution in [2.75, 3.05) is 32.9 Å². The van der Waals surface area contributed by atoms with Gasteiger partial charge in [-0.2, -0.15) is 0 Å². The summed E-state index contributed by atoms with van der Waals surface area (Å²) in [6.07, 6.45) is 0. The van der Waals surface area contributed by atoms with Crippen molar-refractivity contribution in [3.05, 3.63) is 0 Å². The van der Waals surface area contributed by atoms with Crippen LogP contribution in [0.1, 0.15) is 27.7 Å². The minimum atomic E-state index is -0.456. The van der Waals surface area contributed by atoms with Crippen molar-refractivity contribution in [1.29, 1.82) is 0 Å². The van der Waals surface area contributed by atoms with Crippen LogP contribution in [0.3, 0.4) is 0 Å². The maximum absolute atomic E-state index is 9.09. The van der Waals surface area contributed by atoms with Gasteiger partial charge in [0.15, 0.2) is 0 Å². The molecule has 0 unspecified atom stereocenters. The number of nitrogens with one attached hydrogen (secondary N) is 1. The van der Waals surface area contributed by atoms with E-state index < -0.39 is 5.41 Å². The average Bonchev–Trinajstić information content (AvgIpc) is 2.17. The highest BCUT2D eigenvalue weighted by Crippen LogP contribution is 2.13. The molecule has 0 aromatic heterocycles. The highest BCUT2D eigenvalue weighted by Gasteiger charge is 2.24. The van der Waals surface area contributed by atoms with Crippen LogP contribution in [0.25, 0.3) is 0 Å². The van der Waals surface area contributed by atoms with Crippen molar-refractivity contribution in [2.45, 2.75) is 33.3 Å². The van der Waals surface area contributed by atoms with E-state index >= 15 is 0 Å². The molecule has 3 N–H and O–H groups in total. The van der Waals surface area contributed by atoms with Crippen LogP contribution in [0.15, 0.2) is 0 Å². The second kappa shape index (κ2) is 6.43. The van der Waals surface area contributed by atoms with Crippen molar-refractivity contribution >= 4 is 0 Å². The highest BCUT2D eigenvalue weighted by atomic mass is 16.5. The summed E-state index contributed by atoms with van der Waals surface area (Å²) in [5, 5.41) is 21.4. The zero-order valence-electron chi connectivity index (χ0n) is 10.3. The molecule has 0 aliphatic carbocycles. The third-order valence-corrected chi connectivity index (χ3v) is 2.40. The summed E-state index contributed by atoms with van der Waals surface area (Å²) >= 11 is 0. The van der Waals surface area contributed by atoms with Crippen LogP contribution in [0.5, 0.6) is 0 Å². The predicted molar refractivity (Wildman–Crippen MR) is 60.9 cm³/mol. The smallest absolute Gasteiger partial charge is 0.0750 e. The second-order valence-electron chi connectivity index (χ2n) is 4.92. The van der Waals surface area contributed by atoms with Crippen LogP contribution in [0.4, 0.5) is 0 Å². The molecule has 0 aromatic carbocycles. The average molecular weight is 219 g/mol. The summed E-state index contributed by atoms with van der Waals surface area (Å²) < 4.78 is 5.52. The lowest BCUT2D eigenvalue weighted by Crippen LogP contribution is -2.44. The Morgan fingerprint density at radius 3 is 2.00 bits per heavy atom. The van der Waals surface area contributed by atoms with Crippen LogP contribution in [-0.2, 0) is 4.74 Å². The number of aliphatic hydroxyl groups is 2. The molecule has 0 aliphatic heterocycles. The van der Waals surface area contributed by atoms with Crippen molar-refractivity contribution in [3.8, 4) is 0 Å². The minimum Gasteiger partial charge on any atom is -0.396 e. The number of hydrogen-bond donors (Lipinski definition) is 3. The van der Waals surface area contributed by atoms with Crippen molar-refractivity contribution in [1.82, 2.24) is 5.32 Å². The fourth-order valence-electron chi connectivity index (χ4n) is 1.27. The van der Waals surface area contributed by atoms with Gasteiger partial charge in [-0.3, -0.25) is 0 Å². The predicted octanol–water partition coefficient (Wildman–Crippen LogP) is 0.382. The first-order chi connectivity index (χ1) is 6.89. The molecule has 0 saturated carbocycles. The fourth-order valence-corrected chi connectivity index (χ4v) is 1.27. The lowest BCUT2D eigenvalue weighted by Gasteiger charge is -2.29. The Morgan fingerprint density at radius 2 is 1.60 bits per heavy atom. The highest BCUT2D eigenvalue weighted by molar-refractivity contribution is 4.78. The van der Waals surface area contributed by atoms with Crippen LogP contribution in [0, 0.1) is 5.41 Å². The molecule has 0 radical (unpaired) electrons. The SMILES string of the molecule is CCOC(C)(C)CNCC(C)(CO)CO. The molecule has 0 aliphatic rings. The van der Waals surface area contributed by atoms with Gasteiger partial charge in [0, 0.05) is 25.1 Å². The molecule has 92 valence electrons. The van der Waals surface area contributed by atoms with Crippen molar-refractivity contribution in [2.24, 2.45) is 5.41 Å². The molecular weight excluding hydrogens is 194 g/mol. The van der Waals surface area contributed by atoms with Gasteiger partial charge in [-0.05, 0) is 20.8 Å². The van der Waals surface area contributed by atoms with E-state index in [-0.39, 0.29) is 18.8 Å². The number of hydrogen-bond acceptors (Lipinski definition) is 4. The van der Waals surface area contributed by atoms with Gasteiger partial charge in [-0.15, -0.1) is 0 Å². The van der Waals surface area contributed by atoms with Crippen LogP contribution < -0.4 is 5.32 Å². The van der Waals surface area contributed by atoms with Gasteiger partial charge in [0.2, 0.25) is 0 Å². The van der Waals surface area contributed by atoms with E-state index in [0.717, 1.165) is 0 Å². The molecule has 0 fully saturated rings. The molecule has 0 rings (SSSR count). The summed E-state index contributed by atoms with van der Waals surface area (Å²) in [4.78, 5) is 0. The zero-order chi connectivity index (χ0) is 11.9. The Labute approximate surface area is 92.6 Å². The standard InChI is InChI=1S/C11H25NO3/c1-5-15-10(2,3)6-12-7-11(4,8-13)9-14/h12-14H,5-9H2,1-4H3. The summed E-state index contributed by atoms with van der Waals surface area (Å²) in [5.41, 5.74) is -0.664. The monoisotopic (exact) mass is 219 g/mol. The normalized spacial score (nSPS) is 13.2. The van der Waals surface area contributed by atoms with Gasteiger partial charge in [-0.1, -0.05) is 6.92 Å². The molecular formula is C11H25NO3. The van der Waals surface area contributed by atoms with Crippen LogP contribution in [0.2, 0.25) is 0 Å². The van der Waals surface area contributed by atoms with E-state index in [4.69, 9.17) is 14.9 Å². The fraction of sp³-hybridized carbons (Fsp3) is 1.00. The Hall–Kier alpha value is -0.160. The molecule has 0 aromatic rings. The summed E-state index contributed by atoms with van der Waals surface area (Å²) in [6, 6.07) is 0. The topological polar surface area (TPSA) is 61.7 Å². The second-order valence-corrected chi connectivity index (χ2v) is 4.92. The molecule has 0 atom stereocenters. The molecule has 15 heavy (non-hydrogen) atoms. The largest absolute Gasteiger partial charge is 0.396 e. The van der Waals surface area contributed by atoms with E-state index in [1.807, 2.05) is 27.7 Å². The van der Waals surface area contributed by atoms with Crippen LogP contribution >= 0.6 is 0 Å². The maximum atomic E-state index is 9.09. The third-order valence-electron chi connectivity index (χ3n) is 2.40. The molecule has 0 bridgehead atoms. The Balaban J connectivity index is 3.87. The molecule has 0 heterocycles. The zero-order valence-corrected chi connectivity index (χ0v) is 10.3.